The average molecular weight is 695 g/mol. The van der Waals surface area contributed by atoms with Gasteiger partial charge in [0.1, 0.15) is 11.5 Å². The summed E-state index contributed by atoms with van der Waals surface area (Å²) in [5.41, 5.74) is 18.9. The Labute approximate surface area is 308 Å². The van der Waals surface area contributed by atoms with Gasteiger partial charge in [0.2, 0.25) is 17.4 Å². The molecule has 52 heavy (non-hydrogen) atoms. The maximum Gasteiger partial charge on any atom is 0.269 e. The molecule has 3 nitrogen and oxygen atoms in total. The van der Waals surface area contributed by atoms with Crippen molar-refractivity contribution < 1.29 is 13.6 Å². The van der Waals surface area contributed by atoms with Crippen LogP contribution in [-0.4, -0.2) is 0 Å². The summed E-state index contributed by atoms with van der Waals surface area (Å²) in [5, 5.41) is 3.71. The van der Waals surface area contributed by atoms with Crippen LogP contribution in [-0.2, 0) is 11.0 Å². The minimum Gasteiger partial charge on any atom is -0.454 e. The molecule has 11 rings (SSSR count). The molecule has 0 bridgehead atoms. The van der Waals surface area contributed by atoms with Crippen LogP contribution >= 0.6 is 11.3 Å². The highest BCUT2D eigenvalue weighted by molar-refractivity contribution is 7.20. The zero-order chi connectivity index (χ0) is 35.6. The molecular weight excluding hydrogens is 653 g/mol. The monoisotopic (exact) mass is 694 g/mol. The van der Waals surface area contributed by atoms with Gasteiger partial charge >= 0.3 is 0 Å². The van der Waals surface area contributed by atoms with E-state index < -0.39 is 0 Å². The molecule has 0 amide bonds. The van der Waals surface area contributed by atoms with Crippen molar-refractivity contribution in [3.63, 3.8) is 0 Å². The molecule has 1 aliphatic carbocycles. The zero-order valence-electron chi connectivity index (χ0n) is 31.1. The quantitative estimate of drug-likeness (QED) is 0.157. The van der Waals surface area contributed by atoms with Crippen LogP contribution in [0.2, 0.25) is 0 Å². The number of hydrogen-bond acceptors (Lipinski definition) is 2. The Morgan fingerprint density at radius 1 is 0.692 bits per heavy atom. The largest absolute Gasteiger partial charge is 0.454 e. The van der Waals surface area contributed by atoms with Gasteiger partial charge in [0, 0.05) is 38.9 Å². The highest BCUT2D eigenvalue weighted by atomic mass is 32.1. The van der Waals surface area contributed by atoms with Gasteiger partial charge in [-0.3, -0.25) is 0 Å². The molecule has 0 saturated heterocycles. The number of fused-ring (bicyclic) bond motifs is 19. The van der Waals surface area contributed by atoms with E-state index in [1.807, 2.05) is 11.3 Å². The van der Waals surface area contributed by atoms with Crippen LogP contribution < -0.4 is 9.13 Å². The second kappa shape index (κ2) is 9.87. The van der Waals surface area contributed by atoms with Crippen molar-refractivity contribution in [2.24, 2.45) is 0 Å². The molecule has 4 heteroatoms. The van der Waals surface area contributed by atoms with Crippen LogP contribution in [0.1, 0.15) is 76.6 Å². The van der Waals surface area contributed by atoms with Gasteiger partial charge in [-0.25, -0.2) is 0 Å². The molecule has 1 fully saturated rings. The summed E-state index contributed by atoms with van der Waals surface area (Å²) in [6, 6.07) is 32.7. The molecule has 3 aliphatic rings. The Bertz CT molecular complexity index is 2900. The SMILES string of the molecule is Cc1ccc2[n+](c1)C1C(c3ccccc3-2)C12c1ccc3c(oc4c3ccc3c(C)c(C)sc34)c1-c1cc(C(C)(C)C)c(-c3c(C)cccc3C)c[n+]12. The maximum absolute atomic E-state index is 7.24. The molecule has 6 heterocycles. The molecule has 4 aromatic carbocycles. The molecule has 1 saturated carbocycles. The number of hydrogen-bond donors (Lipinski definition) is 0. The summed E-state index contributed by atoms with van der Waals surface area (Å²) in [6.45, 7) is 18.3. The number of rotatable bonds is 1. The fourth-order valence-corrected chi connectivity index (χ4v) is 11.5. The van der Waals surface area contributed by atoms with Crippen molar-refractivity contribution in [3.05, 3.63) is 141 Å². The number of benzene rings is 4. The van der Waals surface area contributed by atoms with E-state index in [0.717, 1.165) is 11.2 Å². The van der Waals surface area contributed by atoms with E-state index >= 15 is 0 Å². The molecule has 2 aliphatic heterocycles. The van der Waals surface area contributed by atoms with Crippen molar-refractivity contribution in [2.75, 3.05) is 0 Å². The van der Waals surface area contributed by atoms with Gasteiger partial charge in [0.25, 0.3) is 5.54 Å². The average Bonchev–Trinajstić information content (AvgIpc) is 3.36. The topological polar surface area (TPSA) is 20.9 Å². The number of nitrogens with zero attached hydrogens (tertiary/aromatic N) is 2. The number of aromatic nitrogens is 2. The second-order valence-corrected chi connectivity index (χ2v) is 18.0. The Kier molecular flexibility index (Phi) is 5.80. The highest BCUT2D eigenvalue weighted by Gasteiger charge is 2.86. The van der Waals surface area contributed by atoms with E-state index in [4.69, 9.17) is 4.42 Å². The van der Waals surface area contributed by atoms with Crippen molar-refractivity contribution in [1.29, 1.82) is 0 Å². The maximum atomic E-state index is 7.24. The summed E-state index contributed by atoms with van der Waals surface area (Å²) in [4.78, 5) is 1.36. The predicted octanol–water partition coefficient (Wildman–Crippen LogP) is 11.6. The van der Waals surface area contributed by atoms with Crippen LogP contribution in [0.25, 0.3) is 65.7 Å². The van der Waals surface area contributed by atoms with Gasteiger partial charge in [-0.05, 0) is 103 Å². The number of furan rings is 1. The fourth-order valence-electron chi connectivity index (χ4n) is 10.4. The smallest absolute Gasteiger partial charge is 0.269 e. The van der Waals surface area contributed by atoms with E-state index in [1.165, 1.54) is 98.3 Å². The molecule has 1 spiro atoms. The van der Waals surface area contributed by atoms with Crippen molar-refractivity contribution >= 4 is 43.4 Å². The Balaban J connectivity index is 1.31. The predicted molar refractivity (Wildman–Crippen MR) is 213 cm³/mol. The van der Waals surface area contributed by atoms with Crippen molar-refractivity contribution in [1.82, 2.24) is 0 Å². The summed E-state index contributed by atoms with van der Waals surface area (Å²) in [7, 11) is 0. The first-order valence-electron chi connectivity index (χ1n) is 18.7. The highest BCUT2D eigenvalue weighted by Crippen LogP contribution is 2.71. The Morgan fingerprint density at radius 3 is 2.21 bits per heavy atom. The van der Waals surface area contributed by atoms with Crippen LogP contribution in [0.5, 0.6) is 0 Å². The lowest BCUT2D eigenvalue weighted by atomic mass is 9.80. The molecule has 4 aromatic heterocycles. The molecule has 3 unspecified atom stereocenters. The summed E-state index contributed by atoms with van der Waals surface area (Å²) >= 11 is 1.86. The third-order valence-electron chi connectivity index (χ3n) is 12.8. The lowest BCUT2D eigenvalue weighted by Crippen LogP contribution is -2.51. The number of thiophene rings is 1. The second-order valence-electron chi connectivity index (χ2n) is 16.8. The summed E-state index contributed by atoms with van der Waals surface area (Å²) in [6.07, 6.45) is 4.94. The lowest BCUT2D eigenvalue weighted by molar-refractivity contribution is -0.772. The van der Waals surface area contributed by atoms with E-state index in [0.29, 0.717) is 0 Å². The zero-order valence-corrected chi connectivity index (χ0v) is 31.9. The van der Waals surface area contributed by atoms with E-state index in [1.54, 1.807) is 0 Å². The van der Waals surface area contributed by atoms with Gasteiger partial charge in [-0.15, -0.1) is 11.3 Å². The third-order valence-corrected chi connectivity index (χ3v) is 14.0. The van der Waals surface area contributed by atoms with Gasteiger partial charge in [-0.2, -0.15) is 9.13 Å². The first-order valence-corrected chi connectivity index (χ1v) is 19.5. The molecular formula is C48H42N2OS+2. The molecule has 3 atom stereocenters. The summed E-state index contributed by atoms with van der Waals surface area (Å²) in [5.74, 6) is 0.274. The minimum atomic E-state index is -0.315. The van der Waals surface area contributed by atoms with Crippen molar-refractivity contribution in [2.45, 2.75) is 78.3 Å². The molecule has 0 N–H and O–H groups in total. The lowest BCUT2D eigenvalue weighted by Gasteiger charge is -2.24. The van der Waals surface area contributed by atoms with E-state index in [2.05, 4.69) is 162 Å². The summed E-state index contributed by atoms with van der Waals surface area (Å²) < 4.78 is 13.8. The minimum absolute atomic E-state index is 0.0864. The van der Waals surface area contributed by atoms with Crippen molar-refractivity contribution in [3.8, 4) is 33.6 Å². The van der Waals surface area contributed by atoms with Crippen LogP contribution in [0.15, 0.2) is 102 Å². The first kappa shape index (κ1) is 30.6. The third kappa shape index (κ3) is 3.61. The van der Waals surface area contributed by atoms with E-state index in [9.17, 15) is 0 Å². The van der Waals surface area contributed by atoms with Gasteiger partial charge in [-0.1, -0.05) is 69.3 Å². The van der Waals surface area contributed by atoms with Crippen LogP contribution in [0, 0.1) is 34.6 Å². The molecule has 254 valence electrons. The standard InChI is InChI=1S/C48H42N2OS/c1-25-16-21-38-31-14-9-10-15-32(31)42-46(49(38)23-25)48(42)36-20-19-33-34-18-17-30-28(4)29(5)52-45(30)44(34)51-43(33)41(36)39-22-37(47(6,7)8)35(24-50(39)48)40-26(2)12-11-13-27(40)3/h9-24,42,46H,1-8H3/q+2. The normalized spacial score (nSPS) is 19.6. The van der Waals surface area contributed by atoms with Gasteiger partial charge in [0.05, 0.1) is 21.4 Å². The van der Waals surface area contributed by atoms with E-state index in [-0.39, 0.29) is 22.9 Å². The first-order chi connectivity index (χ1) is 25.0. The fraction of sp³-hybridized carbons (Fsp3) is 0.250. The number of aryl methyl sites for hydroxylation is 5. The Morgan fingerprint density at radius 2 is 1.42 bits per heavy atom. The molecule has 0 radical (unpaired) electrons. The van der Waals surface area contributed by atoms with Gasteiger partial charge in [0.15, 0.2) is 18.0 Å². The van der Waals surface area contributed by atoms with Gasteiger partial charge < -0.3 is 4.42 Å². The number of pyridine rings is 2. The van der Waals surface area contributed by atoms with Crippen LogP contribution in [0.4, 0.5) is 0 Å². The van der Waals surface area contributed by atoms with Crippen LogP contribution in [0.3, 0.4) is 0 Å². The molecule has 8 aromatic rings. The Hall–Kier alpha value is -5.06.